The fourth-order valence-electron chi connectivity index (χ4n) is 4.67. The highest BCUT2D eigenvalue weighted by atomic mass is 16.7. The molecule has 3 aromatic rings. The van der Waals surface area contributed by atoms with Crippen molar-refractivity contribution in [2.24, 2.45) is 0 Å². The average Bonchev–Trinajstić information content (AvgIpc) is 2.96. The Morgan fingerprint density at radius 3 is 2.19 bits per heavy atom. The van der Waals surface area contributed by atoms with Crippen LogP contribution >= 0.6 is 0 Å². The van der Waals surface area contributed by atoms with Crippen molar-refractivity contribution in [1.29, 1.82) is 0 Å². The van der Waals surface area contributed by atoms with E-state index in [9.17, 15) is 61.0 Å². The standard InChI is InChI=1S/C26H28O17/c27-5-14-18(34)20(36)22(38)26(42-14)43-24-19(35)15-9(29)3-8(28)4-12(15)40-23(24)7-1-10(30)16(32)13(2-7)41-25-21(37)17(33)11(31)6-39-25/h1-4,11,14,17-18,20-22,25-34,36-38H,5-6H2/t11-,14-,17+,18+,20+,21-,22-,25+,26+/m1/s1. The number of aliphatic hydroxyl groups excluding tert-OH is 7. The van der Waals surface area contributed by atoms with Crippen LogP contribution < -0.4 is 14.9 Å². The SMILES string of the molecule is O=c1c(O[C@@H]2O[C@H](CO)[C@H](O)[C@H](O)[C@H]2O)c(-c2cc(O)c(O)c(O[C@@H]3OC[C@@H](O)[C@H](O)[C@H]3O)c2)oc2cc(O)cc(O)c12. The fourth-order valence-corrected chi connectivity index (χ4v) is 4.67. The van der Waals surface area contributed by atoms with Crippen molar-refractivity contribution in [2.75, 3.05) is 13.2 Å². The summed E-state index contributed by atoms with van der Waals surface area (Å²) in [5.74, 6) is -4.95. The van der Waals surface area contributed by atoms with E-state index in [1.807, 2.05) is 0 Å². The Morgan fingerprint density at radius 1 is 0.791 bits per heavy atom. The lowest BCUT2D eigenvalue weighted by Gasteiger charge is -2.39. The van der Waals surface area contributed by atoms with Crippen molar-refractivity contribution < 1.29 is 79.5 Å². The molecule has 3 heterocycles. The fraction of sp³-hybridized carbons (Fsp3) is 0.423. The number of benzene rings is 2. The van der Waals surface area contributed by atoms with E-state index in [-0.39, 0.29) is 5.56 Å². The van der Waals surface area contributed by atoms with Crippen molar-refractivity contribution in [2.45, 2.75) is 55.3 Å². The van der Waals surface area contributed by atoms with Crippen LogP contribution in [0.4, 0.5) is 0 Å². The molecule has 1 aromatic heterocycles. The number of fused-ring (bicyclic) bond motifs is 1. The number of hydrogen-bond acceptors (Lipinski definition) is 17. The zero-order chi connectivity index (χ0) is 31.3. The maximum atomic E-state index is 13.6. The Labute approximate surface area is 239 Å². The zero-order valence-corrected chi connectivity index (χ0v) is 21.8. The second-order valence-electron chi connectivity index (χ2n) is 9.95. The topological polar surface area (TPSA) is 290 Å². The lowest BCUT2D eigenvalue weighted by Crippen LogP contribution is -2.60. The summed E-state index contributed by atoms with van der Waals surface area (Å²) in [6.07, 6.45) is -15.6. The van der Waals surface area contributed by atoms with Gasteiger partial charge in [-0.3, -0.25) is 4.79 Å². The van der Waals surface area contributed by atoms with Crippen molar-refractivity contribution in [3.05, 3.63) is 34.5 Å². The summed E-state index contributed by atoms with van der Waals surface area (Å²) < 4.78 is 27.2. The maximum Gasteiger partial charge on any atom is 0.239 e. The number of phenols is 4. The van der Waals surface area contributed by atoms with Gasteiger partial charge in [0.15, 0.2) is 17.3 Å². The molecule has 5 rings (SSSR count). The number of phenolic OH excluding ortho intramolecular Hbond substituents is 4. The quantitative estimate of drug-likeness (QED) is 0.126. The first-order chi connectivity index (χ1) is 20.3. The Balaban J connectivity index is 1.64. The first-order valence-electron chi connectivity index (χ1n) is 12.7. The van der Waals surface area contributed by atoms with Crippen molar-refractivity contribution in [3.63, 3.8) is 0 Å². The molecule has 2 aliphatic rings. The molecule has 0 radical (unpaired) electrons. The van der Waals surface area contributed by atoms with E-state index in [0.717, 1.165) is 24.3 Å². The molecule has 0 amide bonds. The summed E-state index contributed by atoms with van der Waals surface area (Å²) in [4.78, 5) is 13.6. The molecule has 17 nitrogen and oxygen atoms in total. The van der Waals surface area contributed by atoms with Crippen LogP contribution in [-0.4, -0.2) is 125 Å². The predicted octanol–water partition coefficient (Wildman–Crippen LogP) is -2.72. The van der Waals surface area contributed by atoms with Gasteiger partial charge in [-0.2, -0.15) is 0 Å². The van der Waals surface area contributed by atoms with E-state index in [4.69, 9.17) is 23.4 Å². The van der Waals surface area contributed by atoms with E-state index in [2.05, 4.69) is 0 Å². The van der Waals surface area contributed by atoms with Crippen molar-refractivity contribution in [1.82, 2.24) is 0 Å². The van der Waals surface area contributed by atoms with Gasteiger partial charge in [0.2, 0.25) is 29.5 Å². The molecule has 234 valence electrons. The summed E-state index contributed by atoms with van der Waals surface area (Å²) in [5.41, 5.74) is -1.78. The highest BCUT2D eigenvalue weighted by Crippen LogP contribution is 2.44. The van der Waals surface area contributed by atoms with Crippen LogP contribution in [0.1, 0.15) is 0 Å². The molecular weight excluding hydrogens is 584 g/mol. The minimum absolute atomic E-state index is 0.280. The molecule has 2 aromatic carbocycles. The van der Waals surface area contributed by atoms with Gasteiger partial charge in [-0.05, 0) is 12.1 Å². The summed E-state index contributed by atoms with van der Waals surface area (Å²) >= 11 is 0. The van der Waals surface area contributed by atoms with Crippen LogP contribution in [0.15, 0.2) is 33.5 Å². The van der Waals surface area contributed by atoms with Gasteiger partial charge in [0.25, 0.3) is 0 Å². The lowest BCUT2D eigenvalue weighted by molar-refractivity contribution is -0.277. The molecular formula is C26H28O17. The molecule has 17 heteroatoms. The third-order valence-electron chi connectivity index (χ3n) is 7.01. The van der Waals surface area contributed by atoms with Gasteiger partial charge in [0.05, 0.1) is 13.2 Å². The van der Waals surface area contributed by atoms with Gasteiger partial charge in [0, 0.05) is 17.7 Å². The minimum atomic E-state index is -1.98. The first kappa shape index (κ1) is 30.5. The van der Waals surface area contributed by atoms with Gasteiger partial charge < -0.3 is 79.5 Å². The van der Waals surface area contributed by atoms with Crippen LogP contribution in [0, 0.1) is 0 Å². The number of aromatic hydroxyl groups is 4. The molecule has 9 atom stereocenters. The van der Waals surface area contributed by atoms with Gasteiger partial charge in [0.1, 0.15) is 65.2 Å². The van der Waals surface area contributed by atoms with E-state index < -0.39 is 125 Å². The van der Waals surface area contributed by atoms with E-state index in [1.165, 1.54) is 0 Å². The first-order valence-corrected chi connectivity index (χ1v) is 12.7. The monoisotopic (exact) mass is 612 g/mol. The lowest BCUT2D eigenvalue weighted by atomic mass is 9.99. The Kier molecular flexibility index (Phi) is 8.27. The van der Waals surface area contributed by atoms with Crippen LogP contribution in [0.3, 0.4) is 0 Å². The normalized spacial score (nSPS) is 31.2. The van der Waals surface area contributed by atoms with E-state index in [1.54, 1.807) is 0 Å². The van der Waals surface area contributed by atoms with Gasteiger partial charge in [-0.1, -0.05) is 0 Å². The zero-order valence-electron chi connectivity index (χ0n) is 21.8. The molecule has 0 aliphatic carbocycles. The average molecular weight is 612 g/mol. The van der Waals surface area contributed by atoms with Gasteiger partial charge >= 0.3 is 0 Å². The summed E-state index contributed by atoms with van der Waals surface area (Å²) in [6, 6.07) is 3.66. The third kappa shape index (κ3) is 5.49. The van der Waals surface area contributed by atoms with Crippen molar-refractivity contribution >= 4 is 11.0 Å². The highest BCUT2D eigenvalue weighted by molar-refractivity contribution is 5.88. The number of ether oxygens (including phenoxy) is 4. The summed E-state index contributed by atoms with van der Waals surface area (Å²) in [6.45, 7) is -1.28. The van der Waals surface area contributed by atoms with E-state index >= 15 is 0 Å². The van der Waals surface area contributed by atoms with Crippen LogP contribution in [-0.2, 0) is 9.47 Å². The predicted molar refractivity (Wildman–Crippen MR) is 137 cm³/mol. The molecule has 0 saturated carbocycles. The molecule has 43 heavy (non-hydrogen) atoms. The van der Waals surface area contributed by atoms with E-state index in [0.29, 0.717) is 0 Å². The molecule has 2 fully saturated rings. The van der Waals surface area contributed by atoms with Crippen LogP contribution in [0.5, 0.6) is 34.5 Å². The molecule has 0 spiro atoms. The summed E-state index contributed by atoms with van der Waals surface area (Å²) in [7, 11) is 0. The second kappa shape index (κ2) is 11.6. The largest absolute Gasteiger partial charge is 0.508 e. The Hall–Kier alpha value is -3.91. The minimum Gasteiger partial charge on any atom is -0.508 e. The number of rotatable bonds is 6. The molecule has 0 bridgehead atoms. The van der Waals surface area contributed by atoms with Gasteiger partial charge in [-0.15, -0.1) is 0 Å². The number of hydrogen-bond donors (Lipinski definition) is 11. The van der Waals surface area contributed by atoms with Crippen LogP contribution in [0.25, 0.3) is 22.3 Å². The van der Waals surface area contributed by atoms with Crippen molar-refractivity contribution in [3.8, 4) is 45.8 Å². The molecule has 11 N–H and O–H groups in total. The summed E-state index contributed by atoms with van der Waals surface area (Å²) in [5, 5.41) is 111. The smallest absolute Gasteiger partial charge is 0.239 e. The maximum absolute atomic E-state index is 13.6. The Morgan fingerprint density at radius 2 is 1.49 bits per heavy atom. The molecule has 0 unspecified atom stereocenters. The molecule has 2 saturated heterocycles. The van der Waals surface area contributed by atoms with Crippen LogP contribution in [0.2, 0.25) is 0 Å². The molecule has 2 aliphatic heterocycles. The third-order valence-corrected chi connectivity index (χ3v) is 7.01. The Bertz CT molecular complexity index is 1550. The van der Waals surface area contributed by atoms with Gasteiger partial charge in [-0.25, -0.2) is 0 Å². The number of aliphatic hydroxyl groups is 7. The second-order valence-corrected chi connectivity index (χ2v) is 9.95. The highest BCUT2D eigenvalue weighted by Gasteiger charge is 2.45.